The van der Waals surface area contributed by atoms with E-state index in [1.165, 1.54) is 128 Å². The van der Waals surface area contributed by atoms with E-state index in [-0.39, 0.29) is 0 Å². The lowest BCUT2D eigenvalue weighted by molar-refractivity contribution is 0.414. The van der Waals surface area contributed by atoms with Gasteiger partial charge in [0.25, 0.3) is 0 Å². The van der Waals surface area contributed by atoms with Gasteiger partial charge in [-0.3, -0.25) is 0 Å². The Balaban J connectivity index is 3.18. The van der Waals surface area contributed by atoms with Gasteiger partial charge in [-0.15, -0.1) is 0 Å². The van der Waals surface area contributed by atoms with Crippen molar-refractivity contribution >= 4 is 0 Å². The largest absolute Gasteiger partial charge is 0.0654 e. The second kappa shape index (κ2) is 21.3. The molecule has 0 saturated carbocycles. The zero-order valence-corrected chi connectivity index (χ0v) is 19.3. The maximum atomic E-state index is 2.48. The van der Waals surface area contributed by atoms with Gasteiger partial charge in [0.05, 0.1) is 0 Å². The first kappa shape index (κ1) is 26.0. The highest BCUT2D eigenvalue weighted by Gasteiger charge is 2.04. The van der Waals surface area contributed by atoms with Crippen molar-refractivity contribution in [3.05, 3.63) is 0 Å². The van der Waals surface area contributed by atoms with E-state index in [4.69, 9.17) is 0 Å². The predicted octanol–water partition coefficient (Wildman–Crippen LogP) is 10.1. The van der Waals surface area contributed by atoms with Crippen LogP contribution in [0, 0.1) is 11.8 Å². The van der Waals surface area contributed by atoms with Crippen LogP contribution in [0.5, 0.6) is 0 Å². The average Bonchev–Trinajstić information content (AvgIpc) is 2.62. The van der Waals surface area contributed by atoms with E-state index in [2.05, 4.69) is 27.7 Å². The van der Waals surface area contributed by atoms with Crippen LogP contribution < -0.4 is 0 Å². The zero-order chi connectivity index (χ0) is 19.3. The van der Waals surface area contributed by atoms with Gasteiger partial charge < -0.3 is 0 Å². The minimum Gasteiger partial charge on any atom is -0.0654 e. The minimum atomic E-state index is 0.957. The number of hydrogen-bond acceptors (Lipinski definition) is 0. The highest BCUT2D eigenvalue weighted by atomic mass is 14.1. The summed E-state index contributed by atoms with van der Waals surface area (Å²) in [7, 11) is 0. The van der Waals surface area contributed by atoms with E-state index in [9.17, 15) is 0 Å². The molecule has 0 aliphatic carbocycles. The standard InChI is InChI=1S/C26H54/c1-5-7-8-9-10-11-12-13-14-15-16-18-23-26(4)24-20-17-19-22-25(3)21-6-2/h25-26H,5-24H2,1-4H3. The van der Waals surface area contributed by atoms with Gasteiger partial charge in [-0.05, 0) is 11.8 Å². The van der Waals surface area contributed by atoms with Gasteiger partial charge in [0.15, 0.2) is 0 Å². The molecule has 0 radical (unpaired) electrons. The van der Waals surface area contributed by atoms with Crippen LogP contribution in [0.25, 0.3) is 0 Å². The van der Waals surface area contributed by atoms with Crippen LogP contribution in [-0.4, -0.2) is 0 Å². The minimum absolute atomic E-state index is 0.957. The van der Waals surface area contributed by atoms with Crippen LogP contribution in [0.2, 0.25) is 0 Å². The van der Waals surface area contributed by atoms with Crippen molar-refractivity contribution in [3.63, 3.8) is 0 Å². The van der Waals surface area contributed by atoms with E-state index in [1.54, 1.807) is 0 Å². The van der Waals surface area contributed by atoms with Crippen LogP contribution in [0.4, 0.5) is 0 Å². The summed E-state index contributed by atoms with van der Waals surface area (Å²) in [6.07, 6.45) is 29.2. The molecular weight excluding hydrogens is 312 g/mol. The summed E-state index contributed by atoms with van der Waals surface area (Å²) in [6, 6.07) is 0. The molecule has 0 fully saturated rings. The second-order valence-corrected chi connectivity index (χ2v) is 9.31. The first-order valence-electron chi connectivity index (χ1n) is 12.7. The Morgan fingerprint density at radius 1 is 0.346 bits per heavy atom. The van der Waals surface area contributed by atoms with Gasteiger partial charge >= 0.3 is 0 Å². The van der Waals surface area contributed by atoms with E-state index >= 15 is 0 Å². The van der Waals surface area contributed by atoms with E-state index in [0.29, 0.717) is 0 Å². The molecule has 2 unspecified atom stereocenters. The van der Waals surface area contributed by atoms with Crippen molar-refractivity contribution in [2.45, 2.75) is 156 Å². The Labute approximate surface area is 168 Å². The molecule has 0 aromatic rings. The molecule has 0 spiro atoms. The Kier molecular flexibility index (Phi) is 21.3. The molecule has 158 valence electrons. The number of unbranched alkanes of at least 4 members (excludes halogenated alkanes) is 13. The van der Waals surface area contributed by atoms with Gasteiger partial charge in [-0.2, -0.15) is 0 Å². The number of hydrogen-bond donors (Lipinski definition) is 0. The summed E-state index contributed by atoms with van der Waals surface area (Å²) in [4.78, 5) is 0. The second-order valence-electron chi connectivity index (χ2n) is 9.31. The van der Waals surface area contributed by atoms with Crippen LogP contribution in [0.1, 0.15) is 156 Å². The Morgan fingerprint density at radius 3 is 1.04 bits per heavy atom. The first-order valence-corrected chi connectivity index (χ1v) is 12.7. The summed E-state index contributed by atoms with van der Waals surface area (Å²) in [5.41, 5.74) is 0. The van der Waals surface area contributed by atoms with Crippen molar-refractivity contribution in [1.29, 1.82) is 0 Å². The van der Waals surface area contributed by atoms with E-state index < -0.39 is 0 Å². The van der Waals surface area contributed by atoms with Crippen LogP contribution >= 0.6 is 0 Å². The maximum Gasteiger partial charge on any atom is -0.0443 e. The topological polar surface area (TPSA) is 0 Å². The van der Waals surface area contributed by atoms with Crippen molar-refractivity contribution in [1.82, 2.24) is 0 Å². The molecule has 0 saturated heterocycles. The normalized spacial score (nSPS) is 13.8. The SMILES string of the molecule is CCCCCCCCCCCCCCC(C)CCCCCC(C)CCC. The number of rotatable bonds is 21. The third-order valence-corrected chi connectivity index (χ3v) is 6.23. The van der Waals surface area contributed by atoms with Crippen molar-refractivity contribution in [2.75, 3.05) is 0 Å². The summed E-state index contributed by atoms with van der Waals surface area (Å²) in [5.74, 6) is 1.92. The highest BCUT2D eigenvalue weighted by Crippen LogP contribution is 2.20. The fourth-order valence-electron chi connectivity index (χ4n) is 4.28. The molecule has 0 heteroatoms. The molecule has 0 N–H and O–H groups in total. The Bertz CT molecular complexity index is 244. The van der Waals surface area contributed by atoms with E-state index in [0.717, 1.165) is 11.8 Å². The molecule has 26 heavy (non-hydrogen) atoms. The molecule has 0 aromatic carbocycles. The molecule has 0 aliphatic rings. The molecule has 0 rings (SSSR count). The van der Waals surface area contributed by atoms with Crippen LogP contribution in [0.15, 0.2) is 0 Å². The average molecular weight is 367 g/mol. The molecule has 0 heterocycles. The quantitative estimate of drug-likeness (QED) is 0.177. The summed E-state index contributed by atoms with van der Waals surface area (Å²) < 4.78 is 0. The molecule has 0 aromatic heterocycles. The van der Waals surface area contributed by atoms with E-state index in [1.807, 2.05) is 0 Å². The third-order valence-electron chi connectivity index (χ3n) is 6.23. The Morgan fingerprint density at radius 2 is 0.654 bits per heavy atom. The van der Waals surface area contributed by atoms with Gasteiger partial charge in [0.2, 0.25) is 0 Å². The van der Waals surface area contributed by atoms with Crippen molar-refractivity contribution in [2.24, 2.45) is 11.8 Å². The Hall–Kier alpha value is 0. The van der Waals surface area contributed by atoms with Gasteiger partial charge in [-0.25, -0.2) is 0 Å². The van der Waals surface area contributed by atoms with Crippen molar-refractivity contribution in [3.8, 4) is 0 Å². The predicted molar refractivity (Wildman–Crippen MR) is 122 cm³/mol. The smallest absolute Gasteiger partial charge is 0.0443 e. The lowest BCUT2D eigenvalue weighted by Gasteiger charge is -2.12. The first-order chi connectivity index (χ1) is 12.7. The molecule has 0 amide bonds. The summed E-state index contributed by atoms with van der Waals surface area (Å²) in [6.45, 7) is 9.53. The molecular formula is C26H54. The fourth-order valence-corrected chi connectivity index (χ4v) is 4.28. The van der Waals surface area contributed by atoms with Crippen LogP contribution in [-0.2, 0) is 0 Å². The summed E-state index contributed by atoms with van der Waals surface area (Å²) >= 11 is 0. The molecule has 0 aliphatic heterocycles. The molecule has 2 atom stereocenters. The zero-order valence-electron chi connectivity index (χ0n) is 19.3. The van der Waals surface area contributed by atoms with Gasteiger partial charge in [-0.1, -0.05) is 156 Å². The highest BCUT2D eigenvalue weighted by molar-refractivity contribution is 4.57. The fraction of sp³-hybridized carbons (Fsp3) is 1.00. The monoisotopic (exact) mass is 366 g/mol. The van der Waals surface area contributed by atoms with Crippen LogP contribution in [0.3, 0.4) is 0 Å². The van der Waals surface area contributed by atoms with Crippen molar-refractivity contribution < 1.29 is 0 Å². The summed E-state index contributed by atoms with van der Waals surface area (Å²) in [5, 5.41) is 0. The molecule has 0 nitrogen and oxygen atoms in total. The third kappa shape index (κ3) is 20.3. The van der Waals surface area contributed by atoms with Gasteiger partial charge in [0.1, 0.15) is 0 Å². The lowest BCUT2D eigenvalue weighted by Crippen LogP contribution is -1.97. The lowest BCUT2D eigenvalue weighted by atomic mass is 9.94. The molecule has 0 bridgehead atoms. The maximum absolute atomic E-state index is 2.48. The van der Waals surface area contributed by atoms with Gasteiger partial charge in [0, 0.05) is 0 Å².